The van der Waals surface area contributed by atoms with E-state index < -0.39 is 14.2 Å². The highest BCUT2D eigenvalue weighted by Gasteiger charge is 2.41. The molecule has 5 atom stereocenters. The van der Waals surface area contributed by atoms with Crippen molar-refractivity contribution in [3.05, 3.63) is 49.1 Å². The Balaban J connectivity index is 2.05. The van der Waals surface area contributed by atoms with Crippen molar-refractivity contribution in [3.8, 4) is 11.5 Å². The zero-order valence-electron chi connectivity index (χ0n) is 19.5. The van der Waals surface area contributed by atoms with Gasteiger partial charge in [0, 0.05) is 0 Å². The summed E-state index contributed by atoms with van der Waals surface area (Å²) in [4.78, 5) is 0. The molecule has 3 nitrogen and oxygen atoms in total. The number of hydrogen-bond acceptors (Lipinski definition) is 3. The smallest absolute Gasteiger partial charge is 0.146 e. The second-order valence-electron chi connectivity index (χ2n) is 9.37. The van der Waals surface area contributed by atoms with Crippen LogP contribution in [-0.2, 0) is 9.47 Å². The Morgan fingerprint density at radius 2 is 1.53 bits per heavy atom. The maximum atomic E-state index is 10.5. The van der Waals surface area contributed by atoms with E-state index in [1.165, 1.54) is 0 Å². The van der Waals surface area contributed by atoms with Crippen LogP contribution in [0.15, 0.2) is 49.1 Å². The van der Waals surface area contributed by atoms with Crippen molar-refractivity contribution < 1.29 is 14.6 Å². The number of aliphatic hydroxyl groups is 1. The Morgan fingerprint density at radius 3 is 2.13 bits per heavy atom. The highest BCUT2D eigenvalue weighted by Crippen LogP contribution is 2.40. The van der Waals surface area contributed by atoms with Crippen molar-refractivity contribution in [1.82, 2.24) is 0 Å². The Labute approximate surface area is 184 Å². The van der Waals surface area contributed by atoms with Gasteiger partial charge in [-0.05, 0) is 35.5 Å². The average Bonchev–Trinajstić information content (AvgIpc) is 2.83. The summed E-state index contributed by atoms with van der Waals surface area (Å²) in [6.07, 6.45) is 13.7. The van der Waals surface area contributed by atoms with Gasteiger partial charge in [0.15, 0.2) is 0 Å². The SMILES string of the molecule is C=CC[C@@H]1C=C[C@@H]2O[C@H](C/C=C\C#C[Si](C(C)C)(C(C)C)C(C)C)[C@H](O)C=C[C@H]2O1. The second-order valence-corrected chi connectivity index (χ2v) is 14.9. The van der Waals surface area contributed by atoms with Crippen LogP contribution in [0, 0.1) is 11.5 Å². The third-order valence-electron chi connectivity index (χ3n) is 6.51. The molecule has 30 heavy (non-hydrogen) atoms. The molecule has 1 N–H and O–H groups in total. The maximum Gasteiger partial charge on any atom is 0.146 e. The van der Waals surface area contributed by atoms with Crippen LogP contribution in [0.3, 0.4) is 0 Å². The van der Waals surface area contributed by atoms with Gasteiger partial charge in [-0.2, -0.15) is 0 Å². The Kier molecular flexibility index (Phi) is 9.37. The summed E-state index contributed by atoms with van der Waals surface area (Å²) in [5, 5.41) is 10.5. The quantitative estimate of drug-likeness (QED) is 0.319. The molecule has 4 heteroatoms. The van der Waals surface area contributed by atoms with E-state index in [2.05, 4.69) is 65.7 Å². The third kappa shape index (κ3) is 5.86. The minimum absolute atomic E-state index is 0.0215. The molecule has 2 heterocycles. The molecule has 2 aliphatic heterocycles. The summed E-state index contributed by atoms with van der Waals surface area (Å²) in [6.45, 7) is 17.7. The van der Waals surface area contributed by atoms with Crippen molar-refractivity contribution in [1.29, 1.82) is 0 Å². The lowest BCUT2D eigenvalue weighted by atomic mass is 10.1. The molecule has 0 aromatic heterocycles. The minimum atomic E-state index is -1.71. The first-order valence-electron chi connectivity index (χ1n) is 11.4. The zero-order chi connectivity index (χ0) is 22.3. The van der Waals surface area contributed by atoms with E-state index in [1.807, 2.05) is 30.4 Å². The average molecular weight is 429 g/mol. The molecular weight excluding hydrogens is 388 g/mol. The lowest BCUT2D eigenvalue weighted by Gasteiger charge is -2.38. The molecule has 2 aliphatic rings. The fourth-order valence-corrected chi connectivity index (χ4v) is 10.1. The van der Waals surface area contributed by atoms with E-state index in [0.29, 0.717) is 23.0 Å². The highest BCUT2D eigenvalue weighted by atomic mass is 28.3. The van der Waals surface area contributed by atoms with E-state index >= 15 is 0 Å². The molecule has 0 saturated heterocycles. The summed E-state index contributed by atoms with van der Waals surface area (Å²) in [5.41, 5.74) is 5.56. The summed E-state index contributed by atoms with van der Waals surface area (Å²) >= 11 is 0. The highest BCUT2D eigenvalue weighted by molar-refractivity contribution is 6.90. The predicted octanol–water partition coefficient (Wildman–Crippen LogP) is 5.74. The van der Waals surface area contributed by atoms with E-state index in [0.717, 1.165) is 6.42 Å². The largest absolute Gasteiger partial charge is 0.386 e. The lowest BCUT2D eigenvalue weighted by molar-refractivity contribution is -0.0995. The molecule has 0 radical (unpaired) electrons. The van der Waals surface area contributed by atoms with Crippen LogP contribution in [0.2, 0.25) is 16.6 Å². The third-order valence-corrected chi connectivity index (χ3v) is 12.8. The number of rotatable bonds is 7. The second kappa shape index (κ2) is 11.3. The van der Waals surface area contributed by atoms with Gasteiger partial charge in [-0.25, -0.2) is 0 Å². The Bertz CT molecular complexity index is 686. The van der Waals surface area contributed by atoms with Crippen LogP contribution >= 0.6 is 0 Å². The topological polar surface area (TPSA) is 38.7 Å². The number of hydrogen-bond donors (Lipinski definition) is 1. The number of ether oxygens (including phenoxy) is 2. The van der Waals surface area contributed by atoms with Crippen LogP contribution < -0.4 is 0 Å². The Morgan fingerprint density at radius 1 is 0.933 bits per heavy atom. The van der Waals surface area contributed by atoms with E-state index in [-0.39, 0.29) is 24.4 Å². The molecule has 0 aliphatic carbocycles. The number of fused-ring (bicyclic) bond motifs is 1. The zero-order valence-corrected chi connectivity index (χ0v) is 20.5. The number of allylic oxidation sites excluding steroid dienone is 1. The monoisotopic (exact) mass is 428 g/mol. The minimum Gasteiger partial charge on any atom is -0.386 e. The van der Waals surface area contributed by atoms with Crippen molar-refractivity contribution in [3.63, 3.8) is 0 Å². The van der Waals surface area contributed by atoms with Crippen molar-refractivity contribution in [2.24, 2.45) is 0 Å². The van der Waals surface area contributed by atoms with Crippen LogP contribution in [0.4, 0.5) is 0 Å². The van der Waals surface area contributed by atoms with Crippen LogP contribution in [0.1, 0.15) is 54.4 Å². The molecule has 0 fully saturated rings. The van der Waals surface area contributed by atoms with Gasteiger partial charge < -0.3 is 14.6 Å². The fourth-order valence-electron chi connectivity index (χ4n) is 4.93. The molecule has 166 valence electrons. The first-order valence-corrected chi connectivity index (χ1v) is 13.6. The van der Waals surface area contributed by atoms with Crippen LogP contribution in [0.5, 0.6) is 0 Å². The molecule has 0 aromatic rings. The molecule has 0 bridgehead atoms. The van der Waals surface area contributed by atoms with E-state index in [1.54, 1.807) is 6.08 Å². The molecule has 2 rings (SSSR count). The molecule has 0 amide bonds. The lowest BCUT2D eigenvalue weighted by Crippen LogP contribution is -2.43. The first-order chi connectivity index (χ1) is 14.2. The first kappa shape index (κ1) is 24.9. The van der Waals surface area contributed by atoms with E-state index in [4.69, 9.17) is 9.47 Å². The molecule has 0 saturated carbocycles. The van der Waals surface area contributed by atoms with Crippen molar-refractivity contribution >= 4 is 8.07 Å². The Hall–Kier alpha value is -1.38. The van der Waals surface area contributed by atoms with Gasteiger partial charge in [0.05, 0.1) is 18.3 Å². The molecular formula is C26H40O3Si. The number of aliphatic hydroxyl groups excluding tert-OH is 1. The summed E-state index contributed by atoms with van der Waals surface area (Å²) < 4.78 is 12.2. The van der Waals surface area contributed by atoms with Gasteiger partial charge in [0.2, 0.25) is 0 Å². The molecule has 0 spiro atoms. The molecule has 0 aromatic carbocycles. The normalized spacial score (nSPS) is 29.2. The van der Waals surface area contributed by atoms with Crippen molar-refractivity contribution in [2.75, 3.05) is 0 Å². The van der Waals surface area contributed by atoms with Gasteiger partial charge in [-0.3, -0.25) is 0 Å². The summed E-state index contributed by atoms with van der Waals surface area (Å²) in [6, 6.07) is 0. The maximum absolute atomic E-state index is 10.5. The van der Waals surface area contributed by atoms with Gasteiger partial charge in [-0.15, -0.1) is 12.1 Å². The van der Waals surface area contributed by atoms with E-state index in [9.17, 15) is 5.11 Å². The van der Waals surface area contributed by atoms with Gasteiger partial charge in [-0.1, -0.05) is 83.9 Å². The van der Waals surface area contributed by atoms with Gasteiger partial charge in [0.1, 0.15) is 20.3 Å². The van der Waals surface area contributed by atoms with Gasteiger partial charge in [0.25, 0.3) is 0 Å². The summed E-state index contributed by atoms with van der Waals surface area (Å²) in [5.74, 6) is 3.34. The summed E-state index contributed by atoms with van der Waals surface area (Å²) in [7, 11) is -1.71. The standard InChI is InChI=1S/C26H40O3Si/c1-8-12-22-14-16-26-25(28-22)17-15-23(27)24(29-26)13-10-9-11-18-30(19(2)3,20(4)5)21(6)7/h8-10,14-17,19-27H,1,12-13H2,2-7H3/b10-9-/t22-,23-,24-,25-,26+/m1/s1. The molecule has 0 unspecified atom stereocenters. The fraction of sp³-hybridized carbons (Fsp3) is 0.615. The van der Waals surface area contributed by atoms with Crippen molar-refractivity contribution in [2.45, 2.75) is 102 Å². The predicted molar refractivity (Wildman–Crippen MR) is 129 cm³/mol. The van der Waals surface area contributed by atoms with Gasteiger partial charge >= 0.3 is 0 Å². The van der Waals surface area contributed by atoms with Crippen LogP contribution in [0.25, 0.3) is 0 Å². The van der Waals surface area contributed by atoms with Crippen LogP contribution in [-0.4, -0.2) is 43.7 Å².